The van der Waals surface area contributed by atoms with Crippen LogP contribution in [0.1, 0.15) is 32.6 Å². The SMILES string of the molecule is COC(=O)C1=C(C(=O)OC)CC2(C)C(=O)CCCC2=C1. The second-order valence-corrected chi connectivity index (χ2v) is 5.33. The van der Waals surface area contributed by atoms with Crippen LogP contribution >= 0.6 is 0 Å². The number of fused-ring (bicyclic) bond motifs is 1. The summed E-state index contributed by atoms with van der Waals surface area (Å²) in [6.45, 7) is 1.83. The Bertz CT molecular complexity index is 540. The number of carbonyl (C=O) groups is 3. The summed E-state index contributed by atoms with van der Waals surface area (Å²) in [4.78, 5) is 36.0. The van der Waals surface area contributed by atoms with Crippen LogP contribution in [0.15, 0.2) is 22.8 Å². The molecule has 5 nitrogen and oxygen atoms in total. The van der Waals surface area contributed by atoms with Crippen molar-refractivity contribution < 1.29 is 23.9 Å². The Labute approximate surface area is 117 Å². The molecule has 108 valence electrons. The van der Waals surface area contributed by atoms with Gasteiger partial charge in [-0.1, -0.05) is 5.57 Å². The molecule has 0 saturated heterocycles. The van der Waals surface area contributed by atoms with Crippen LogP contribution in [0, 0.1) is 5.41 Å². The monoisotopic (exact) mass is 278 g/mol. The molecule has 2 aliphatic carbocycles. The lowest BCUT2D eigenvalue weighted by Crippen LogP contribution is -2.38. The molecule has 0 spiro atoms. The number of ketones is 1. The Morgan fingerprint density at radius 3 is 2.40 bits per heavy atom. The molecule has 0 bridgehead atoms. The summed E-state index contributed by atoms with van der Waals surface area (Å²) in [7, 11) is 2.52. The summed E-state index contributed by atoms with van der Waals surface area (Å²) in [6, 6.07) is 0. The van der Waals surface area contributed by atoms with E-state index in [4.69, 9.17) is 9.47 Å². The first-order valence-electron chi connectivity index (χ1n) is 6.58. The minimum atomic E-state index is -0.695. The van der Waals surface area contributed by atoms with E-state index >= 15 is 0 Å². The van der Waals surface area contributed by atoms with Gasteiger partial charge in [-0.05, 0) is 32.3 Å². The van der Waals surface area contributed by atoms with Crippen LogP contribution in [0.4, 0.5) is 0 Å². The van der Waals surface area contributed by atoms with Gasteiger partial charge in [0.15, 0.2) is 0 Å². The van der Waals surface area contributed by atoms with Gasteiger partial charge in [-0.3, -0.25) is 4.79 Å². The maximum atomic E-state index is 12.2. The molecule has 2 aliphatic rings. The van der Waals surface area contributed by atoms with Gasteiger partial charge in [0.1, 0.15) is 5.78 Å². The number of allylic oxidation sites excluding steroid dienone is 1. The van der Waals surface area contributed by atoms with E-state index in [1.807, 2.05) is 6.92 Å². The van der Waals surface area contributed by atoms with Crippen LogP contribution in [-0.4, -0.2) is 31.9 Å². The van der Waals surface area contributed by atoms with Gasteiger partial charge in [-0.25, -0.2) is 9.59 Å². The average molecular weight is 278 g/mol. The van der Waals surface area contributed by atoms with Crippen molar-refractivity contribution in [2.24, 2.45) is 5.41 Å². The molecular weight excluding hydrogens is 260 g/mol. The van der Waals surface area contributed by atoms with E-state index in [1.165, 1.54) is 14.2 Å². The van der Waals surface area contributed by atoms with Gasteiger partial charge in [-0.15, -0.1) is 0 Å². The molecule has 1 atom stereocenters. The predicted molar refractivity (Wildman–Crippen MR) is 70.7 cm³/mol. The number of ether oxygens (including phenoxy) is 2. The molecule has 0 aromatic rings. The van der Waals surface area contributed by atoms with Crippen molar-refractivity contribution >= 4 is 17.7 Å². The van der Waals surface area contributed by atoms with Crippen LogP contribution in [0.25, 0.3) is 0 Å². The molecule has 0 aromatic carbocycles. The molecular formula is C15H18O5. The van der Waals surface area contributed by atoms with E-state index in [-0.39, 0.29) is 23.4 Å². The standard InChI is InChI=1S/C15H18O5/c1-15-8-11(14(18)20-3)10(13(17)19-2)7-9(15)5-4-6-12(15)16/h7H,4-6,8H2,1-3H3. The Morgan fingerprint density at radius 1 is 1.15 bits per heavy atom. The van der Waals surface area contributed by atoms with E-state index in [1.54, 1.807) is 6.08 Å². The third-order valence-corrected chi connectivity index (χ3v) is 4.19. The van der Waals surface area contributed by atoms with E-state index in [9.17, 15) is 14.4 Å². The van der Waals surface area contributed by atoms with Crippen molar-refractivity contribution in [3.63, 3.8) is 0 Å². The molecule has 2 rings (SSSR count). The topological polar surface area (TPSA) is 69.7 Å². The highest BCUT2D eigenvalue weighted by Gasteiger charge is 2.44. The maximum absolute atomic E-state index is 12.2. The minimum absolute atomic E-state index is 0.111. The van der Waals surface area contributed by atoms with Gasteiger partial charge >= 0.3 is 11.9 Å². The number of hydrogen-bond acceptors (Lipinski definition) is 5. The Balaban J connectivity index is 2.54. The van der Waals surface area contributed by atoms with Crippen molar-refractivity contribution in [1.29, 1.82) is 0 Å². The Morgan fingerprint density at radius 2 is 1.80 bits per heavy atom. The number of Topliss-reactive ketones (excluding diaryl/α,β-unsaturated/α-hetero) is 1. The first kappa shape index (κ1) is 14.5. The van der Waals surface area contributed by atoms with E-state index in [0.717, 1.165) is 18.4 Å². The lowest BCUT2D eigenvalue weighted by Gasteiger charge is -2.38. The van der Waals surface area contributed by atoms with E-state index < -0.39 is 17.4 Å². The fourth-order valence-corrected chi connectivity index (χ4v) is 2.92. The smallest absolute Gasteiger partial charge is 0.338 e. The third kappa shape index (κ3) is 2.17. The minimum Gasteiger partial charge on any atom is -0.466 e. The largest absolute Gasteiger partial charge is 0.466 e. The van der Waals surface area contributed by atoms with Crippen molar-refractivity contribution in [2.45, 2.75) is 32.6 Å². The molecule has 0 heterocycles. The zero-order chi connectivity index (χ0) is 14.9. The van der Waals surface area contributed by atoms with Gasteiger partial charge in [-0.2, -0.15) is 0 Å². The molecule has 0 aromatic heterocycles. The lowest BCUT2D eigenvalue weighted by atomic mass is 9.64. The summed E-state index contributed by atoms with van der Waals surface area (Å²) in [5, 5.41) is 0. The third-order valence-electron chi connectivity index (χ3n) is 4.19. The first-order chi connectivity index (χ1) is 9.43. The first-order valence-corrected chi connectivity index (χ1v) is 6.58. The summed E-state index contributed by atoms with van der Waals surface area (Å²) < 4.78 is 9.45. The molecule has 5 heteroatoms. The van der Waals surface area contributed by atoms with Crippen LogP contribution < -0.4 is 0 Å². The second kappa shape index (κ2) is 5.23. The molecule has 0 aliphatic heterocycles. The van der Waals surface area contributed by atoms with Gasteiger partial charge in [0, 0.05) is 6.42 Å². The summed E-state index contributed by atoms with van der Waals surface area (Å²) >= 11 is 0. The lowest BCUT2D eigenvalue weighted by molar-refractivity contribution is -0.140. The predicted octanol–water partition coefficient (Wildman–Crippen LogP) is 1.72. The summed E-state index contributed by atoms with van der Waals surface area (Å²) in [5.74, 6) is -1.04. The fraction of sp³-hybridized carbons (Fsp3) is 0.533. The number of rotatable bonds is 2. The van der Waals surface area contributed by atoms with Crippen LogP contribution in [-0.2, 0) is 23.9 Å². The van der Waals surface area contributed by atoms with E-state index in [2.05, 4.69) is 0 Å². The normalized spacial score (nSPS) is 25.8. The highest BCUT2D eigenvalue weighted by molar-refractivity contribution is 6.05. The van der Waals surface area contributed by atoms with Crippen molar-refractivity contribution in [3.8, 4) is 0 Å². The molecule has 0 N–H and O–H groups in total. The van der Waals surface area contributed by atoms with Crippen molar-refractivity contribution in [2.75, 3.05) is 14.2 Å². The molecule has 0 amide bonds. The number of hydrogen-bond donors (Lipinski definition) is 0. The number of carbonyl (C=O) groups excluding carboxylic acids is 3. The fourth-order valence-electron chi connectivity index (χ4n) is 2.92. The van der Waals surface area contributed by atoms with Crippen molar-refractivity contribution in [3.05, 3.63) is 22.8 Å². The average Bonchev–Trinajstić information content (AvgIpc) is 2.45. The highest BCUT2D eigenvalue weighted by atomic mass is 16.5. The zero-order valence-corrected chi connectivity index (χ0v) is 11.9. The Kier molecular flexibility index (Phi) is 3.79. The number of methoxy groups -OCH3 is 2. The molecule has 1 saturated carbocycles. The van der Waals surface area contributed by atoms with Gasteiger partial charge in [0.25, 0.3) is 0 Å². The van der Waals surface area contributed by atoms with Crippen LogP contribution in [0.2, 0.25) is 0 Å². The number of esters is 2. The van der Waals surface area contributed by atoms with E-state index in [0.29, 0.717) is 6.42 Å². The zero-order valence-electron chi connectivity index (χ0n) is 11.9. The van der Waals surface area contributed by atoms with Gasteiger partial charge < -0.3 is 9.47 Å². The molecule has 1 fully saturated rings. The maximum Gasteiger partial charge on any atom is 0.338 e. The van der Waals surface area contributed by atoms with Crippen LogP contribution in [0.3, 0.4) is 0 Å². The highest BCUT2D eigenvalue weighted by Crippen LogP contribution is 2.47. The van der Waals surface area contributed by atoms with Gasteiger partial charge in [0.05, 0.1) is 30.8 Å². The van der Waals surface area contributed by atoms with Crippen molar-refractivity contribution in [1.82, 2.24) is 0 Å². The van der Waals surface area contributed by atoms with Crippen LogP contribution in [0.5, 0.6) is 0 Å². The summed E-state index contributed by atoms with van der Waals surface area (Å²) in [6.07, 6.45) is 3.89. The molecule has 1 unspecified atom stereocenters. The quantitative estimate of drug-likeness (QED) is 0.719. The van der Waals surface area contributed by atoms with Gasteiger partial charge in [0.2, 0.25) is 0 Å². The summed E-state index contributed by atoms with van der Waals surface area (Å²) in [5.41, 5.74) is 0.642. The second-order valence-electron chi connectivity index (χ2n) is 5.33. The molecule has 0 radical (unpaired) electrons. The molecule has 20 heavy (non-hydrogen) atoms. The Hall–Kier alpha value is -1.91.